The first-order chi connectivity index (χ1) is 7.89. The van der Waals surface area contributed by atoms with Crippen molar-refractivity contribution in [2.24, 2.45) is 0 Å². The molecule has 92 valence electrons. The van der Waals surface area contributed by atoms with Crippen LogP contribution in [-0.2, 0) is 0 Å². The molecular weight excluding hydrogens is 294 g/mol. The summed E-state index contributed by atoms with van der Waals surface area (Å²) < 4.78 is 26.6. The molecule has 1 aliphatic heterocycles. The van der Waals surface area contributed by atoms with Gasteiger partial charge in [-0.1, -0.05) is 0 Å². The zero-order chi connectivity index (χ0) is 12.6. The van der Waals surface area contributed by atoms with Gasteiger partial charge in [0, 0.05) is 23.6 Å². The highest BCUT2D eigenvalue weighted by Gasteiger charge is 2.41. The smallest absolute Gasteiger partial charge is 0.273 e. The lowest BCUT2D eigenvalue weighted by Gasteiger charge is -2.16. The monoisotopic (exact) mass is 304 g/mol. The standard InChI is InChI=1S/C11H11BrF2N2O/c1-7-4-8(12)9(15-5-7)10(17)16-3-2-11(13,14)6-16/h4-5H,2-3,6H2,1H3. The molecule has 0 spiro atoms. The number of carbonyl (C=O) groups excluding carboxylic acids is 1. The fourth-order valence-electron chi connectivity index (χ4n) is 1.75. The van der Waals surface area contributed by atoms with Gasteiger partial charge in [-0.3, -0.25) is 4.79 Å². The van der Waals surface area contributed by atoms with Crippen molar-refractivity contribution in [2.75, 3.05) is 13.1 Å². The van der Waals surface area contributed by atoms with Gasteiger partial charge in [-0.25, -0.2) is 13.8 Å². The third-order valence-electron chi connectivity index (χ3n) is 2.64. The Hall–Kier alpha value is -1.04. The molecule has 6 heteroatoms. The summed E-state index contributed by atoms with van der Waals surface area (Å²) in [5.41, 5.74) is 1.09. The van der Waals surface area contributed by atoms with Crippen molar-refractivity contribution in [2.45, 2.75) is 19.3 Å². The predicted molar refractivity (Wildman–Crippen MR) is 62.1 cm³/mol. The second-order valence-corrected chi connectivity index (χ2v) is 5.03. The number of halogens is 3. The van der Waals surface area contributed by atoms with Crippen LogP contribution in [0.15, 0.2) is 16.7 Å². The topological polar surface area (TPSA) is 33.2 Å². The van der Waals surface area contributed by atoms with E-state index in [4.69, 9.17) is 0 Å². The fourth-order valence-corrected chi connectivity index (χ4v) is 2.38. The molecule has 1 aliphatic rings. The molecule has 0 aromatic carbocycles. The lowest BCUT2D eigenvalue weighted by molar-refractivity contribution is 0.0119. The molecule has 0 bridgehead atoms. The van der Waals surface area contributed by atoms with Crippen LogP contribution in [0, 0.1) is 6.92 Å². The van der Waals surface area contributed by atoms with Gasteiger partial charge in [0.15, 0.2) is 0 Å². The molecule has 1 fully saturated rings. The molecule has 0 unspecified atom stereocenters. The molecule has 17 heavy (non-hydrogen) atoms. The average molecular weight is 305 g/mol. The van der Waals surface area contributed by atoms with Crippen molar-refractivity contribution in [3.05, 3.63) is 28.0 Å². The number of carbonyl (C=O) groups is 1. The molecule has 2 heterocycles. The van der Waals surface area contributed by atoms with E-state index in [2.05, 4.69) is 20.9 Å². The van der Waals surface area contributed by atoms with Crippen molar-refractivity contribution in [1.82, 2.24) is 9.88 Å². The number of aromatic nitrogens is 1. The third-order valence-corrected chi connectivity index (χ3v) is 3.24. The van der Waals surface area contributed by atoms with E-state index in [1.165, 1.54) is 0 Å². The summed E-state index contributed by atoms with van der Waals surface area (Å²) in [7, 11) is 0. The summed E-state index contributed by atoms with van der Waals surface area (Å²) in [5, 5.41) is 0. The minimum absolute atomic E-state index is 0.0772. The van der Waals surface area contributed by atoms with Crippen molar-refractivity contribution in [1.29, 1.82) is 0 Å². The SMILES string of the molecule is Cc1cnc(C(=O)N2CCC(F)(F)C2)c(Br)c1. The van der Waals surface area contributed by atoms with Gasteiger partial charge in [0.05, 0.1) is 6.54 Å². The van der Waals surface area contributed by atoms with Gasteiger partial charge in [0.2, 0.25) is 0 Å². The van der Waals surface area contributed by atoms with Crippen LogP contribution in [0.3, 0.4) is 0 Å². The Morgan fingerprint density at radius 1 is 1.59 bits per heavy atom. The van der Waals surface area contributed by atoms with Gasteiger partial charge in [0.25, 0.3) is 11.8 Å². The Labute approximate surface area is 106 Å². The van der Waals surface area contributed by atoms with Crippen LogP contribution in [0.2, 0.25) is 0 Å². The summed E-state index contributed by atoms with van der Waals surface area (Å²) in [6.07, 6.45) is 1.27. The van der Waals surface area contributed by atoms with Crippen molar-refractivity contribution < 1.29 is 13.6 Å². The van der Waals surface area contributed by atoms with E-state index < -0.39 is 18.4 Å². The normalized spacial score (nSPS) is 18.5. The predicted octanol–water partition coefficient (Wildman–Crippen LogP) is 2.63. The molecule has 0 N–H and O–H groups in total. The molecule has 0 radical (unpaired) electrons. The second kappa shape index (κ2) is 4.33. The van der Waals surface area contributed by atoms with E-state index in [1.807, 2.05) is 6.92 Å². The highest BCUT2D eigenvalue weighted by molar-refractivity contribution is 9.10. The first kappa shape index (κ1) is 12.4. The van der Waals surface area contributed by atoms with Crippen molar-refractivity contribution in [3.63, 3.8) is 0 Å². The minimum atomic E-state index is -2.77. The number of alkyl halides is 2. The Kier molecular flexibility index (Phi) is 3.16. The second-order valence-electron chi connectivity index (χ2n) is 4.18. The fraction of sp³-hybridized carbons (Fsp3) is 0.455. The largest absolute Gasteiger partial charge is 0.331 e. The van der Waals surface area contributed by atoms with Crippen molar-refractivity contribution in [3.8, 4) is 0 Å². The average Bonchev–Trinajstić information content (AvgIpc) is 2.58. The van der Waals surface area contributed by atoms with E-state index in [-0.39, 0.29) is 18.7 Å². The van der Waals surface area contributed by atoms with Gasteiger partial charge < -0.3 is 4.90 Å². The molecule has 2 rings (SSSR count). The van der Waals surface area contributed by atoms with Crippen LogP contribution in [0.4, 0.5) is 8.78 Å². The Bertz CT molecular complexity index is 465. The molecule has 1 amide bonds. The first-order valence-electron chi connectivity index (χ1n) is 5.18. The number of rotatable bonds is 1. The van der Waals surface area contributed by atoms with Crippen LogP contribution in [-0.4, -0.2) is 34.8 Å². The van der Waals surface area contributed by atoms with Gasteiger partial charge in [-0.15, -0.1) is 0 Å². The summed E-state index contributed by atoms with van der Waals surface area (Å²) in [6, 6.07) is 1.74. The molecule has 0 atom stereocenters. The van der Waals surface area contributed by atoms with Gasteiger partial charge in [-0.05, 0) is 34.5 Å². The van der Waals surface area contributed by atoms with Crippen LogP contribution in [0.1, 0.15) is 22.5 Å². The van der Waals surface area contributed by atoms with Gasteiger partial charge >= 0.3 is 0 Å². The van der Waals surface area contributed by atoms with E-state index in [9.17, 15) is 13.6 Å². The third kappa shape index (κ3) is 2.62. The van der Waals surface area contributed by atoms with Gasteiger partial charge in [0.1, 0.15) is 5.69 Å². The summed E-state index contributed by atoms with van der Waals surface area (Å²) in [6.45, 7) is 1.40. The first-order valence-corrected chi connectivity index (χ1v) is 5.98. The lowest BCUT2D eigenvalue weighted by Crippen LogP contribution is -2.32. The molecule has 0 aliphatic carbocycles. The number of hydrogen-bond acceptors (Lipinski definition) is 2. The van der Waals surface area contributed by atoms with Crippen LogP contribution >= 0.6 is 15.9 Å². The summed E-state index contributed by atoms with van der Waals surface area (Å²) in [4.78, 5) is 17.1. The molecule has 1 aromatic heterocycles. The molecule has 3 nitrogen and oxygen atoms in total. The van der Waals surface area contributed by atoms with Crippen LogP contribution in [0.25, 0.3) is 0 Å². The number of likely N-dealkylation sites (tertiary alicyclic amines) is 1. The van der Waals surface area contributed by atoms with E-state index in [1.54, 1.807) is 12.3 Å². The van der Waals surface area contributed by atoms with Crippen LogP contribution < -0.4 is 0 Å². The van der Waals surface area contributed by atoms with E-state index in [0.717, 1.165) is 10.5 Å². The molecule has 1 aromatic rings. The number of hydrogen-bond donors (Lipinski definition) is 0. The highest BCUT2D eigenvalue weighted by Crippen LogP contribution is 2.28. The molecule has 0 saturated carbocycles. The quantitative estimate of drug-likeness (QED) is 0.799. The van der Waals surface area contributed by atoms with E-state index in [0.29, 0.717) is 4.47 Å². The van der Waals surface area contributed by atoms with Crippen LogP contribution in [0.5, 0.6) is 0 Å². The minimum Gasteiger partial charge on any atom is -0.331 e. The lowest BCUT2D eigenvalue weighted by atomic mass is 10.2. The zero-order valence-corrected chi connectivity index (χ0v) is 10.8. The number of amides is 1. The number of pyridine rings is 1. The Morgan fingerprint density at radius 3 is 2.82 bits per heavy atom. The maximum absolute atomic E-state index is 13.0. The number of aryl methyl sites for hydroxylation is 1. The van der Waals surface area contributed by atoms with Gasteiger partial charge in [-0.2, -0.15) is 0 Å². The summed E-state index contributed by atoms with van der Waals surface area (Å²) in [5.74, 6) is -3.22. The zero-order valence-electron chi connectivity index (χ0n) is 9.21. The van der Waals surface area contributed by atoms with E-state index >= 15 is 0 Å². The number of nitrogens with zero attached hydrogens (tertiary/aromatic N) is 2. The summed E-state index contributed by atoms with van der Waals surface area (Å²) >= 11 is 3.23. The molecular formula is C11H11BrF2N2O. The Morgan fingerprint density at radius 2 is 2.29 bits per heavy atom. The van der Waals surface area contributed by atoms with Crippen molar-refractivity contribution >= 4 is 21.8 Å². The molecule has 1 saturated heterocycles. The highest BCUT2D eigenvalue weighted by atomic mass is 79.9. The maximum atomic E-state index is 13.0. The maximum Gasteiger partial charge on any atom is 0.273 e. The Balaban J connectivity index is 2.21.